The smallest absolute Gasteiger partial charge is 0.328 e. The number of aryl methyl sites for hydroxylation is 1. The fourth-order valence-corrected chi connectivity index (χ4v) is 6.91. The predicted octanol–water partition coefficient (Wildman–Crippen LogP) is 5.65. The van der Waals surface area contributed by atoms with Gasteiger partial charge < -0.3 is 35.6 Å². The number of hydrogen-bond acceptors (Lipinski definition) is 9. The number of esters is 1. The Hall–Kier alpha value is -4.13. The van der Waals surface area contributed by atoms with E-state index in [1.165, 1.54) is 18.9 Å². The molecule has 0 aromatic heterocycles. The number of aromatic hydroxyl groups is 1. The average molecular weight is 708 g/mol. The van der Waals surface area contributed by atoms with E-state index in [0.29, 0.717) is 53.0 Å². The van der Waals surface area contributed by atoms with Gasteiger partial charge in [-0.2, -0.15) is 0 Å². The molecule has 50 heavy (non-hydrogen) atoms. The number of aliphatic hydroxyl groups is 1. The molecule has 0 radical (unpaired) electrons. The van der Waals surface area contributed by atoms with Crippen LogP contribution in [0.3, 0.4) is 0 Å². The lowest BCUT2D eigenvalue weighted by molar-refractivity contribution is -0.156. The number of phenols is 1. The molecule has 3 amide bonds. The van der Waals surface area contributed by atoms with E-state index in [2.05, 4.69) is 16.0 Å². The van der Waals surface area contributed by atoms with Crippen LogP contribution in [-0.4, -0.2) is 71.1 Å². The molecular formula is C38H49N3O8S. The molecule has 1 aliphatic carbocycles. The van der Waals surface area contributed by atoms with Crippen molar-refractivity contribution in [1.29, 1.82) is 0 Å². The molecule has 5 unspecified atom stereocenters. The summed E-state index contributed by atoms with van der Waals surface area (Å²) >= 11 is 1.24. The molecule has 11 nitrogen and oxygen atoms in total. The third kappa shape index (κ3) is 10.7. The molecule has 0 fully saturated rings. The number of nitrogens with one attached hydrogen (secondary N) is 3. The van der Waals surface area contributed by atoms with Crippen molar-refractivity contribution >= 4 is 46.8 Å². The molecule has 0 spiro atoms. The summed E-state index contributed by atoms with van der Waals surface area (Å²) in [5, 5.41) is 31.1. The third-order valence-electron chi connectivity index (χ3n) is 9.05. The topological polar surface area (TPSA) is 163 Å². The average Bonchev–Trinajstić information content (AvgIpc) is 3.10. The SMILES string of the molecule is COC1C=C/C=C/C=C/CC(OC(=O)C(C)NC(=O)C2=CCCCC2)C(C)C(O)/C(C)=C\CCc2cc3c(c(c2O)NC(=O)C1)SCC(=O)N3. The first-order valence-corrected chi connectivity index (χ1v) is 18.2. The van der Waals surface area contributed by atoms with Crippen LogP contribution in [0.4, 0.5) is 11.4 Å². The number of methoxy groups -OCH3 is 1. The molecule has 5 atom stereocenters. The van der Waals surface area contributed by atoms with Crippen molar-refractivity contribution < 1.29 is 38.9 Å². The molecule has 4 rings (SSSR count). The van der Waals surface area contributed by atoms with E-state index in [0.717, 1.165) is 19.3 Å². The van der Waals surface area contributed by atoms with E-state index in [4.69, 9.17) is 9.47 Å². The monoisotopic (exact) mass is 707 g/mol. The maximum atomic E-state index is 13.2. The van der Waals surface area contributed by atoms with E-state index in [1.807, 2.05) is 25.2 Å². The molecule has 2 bridgehead atoms. The Bertz CT molecular complexity index is 1580. The number of fused-ring (bicyclic) bond motifs is 4. The lowest BCUT2D eigenvalue weighted by Gasteiger charge is -2.29. The maximum Gasteiger partial charge on any atom is 0.328 e. The Morgan fingerprint density at radius 1 is 1.04 bits per heavy atom. The number of benzene rings is 1. The first-order valence-electron chi connectivity index (χ1n) is 17.2. The van der Waals surface area contributed by atoms with Gasteiger partial charge >= 0.3 is 5.97 Å². The summed E-state index contributed by atoms with van der Waals surface area (Å²) in [5.74, 6) is -1.83. The number of carbonyl (C=O) groups excluding carboxylic acids is 4. The van der Waals surface area contributed by atoms with Gasteiger partial charge in [0.05, 0.1) is 40.7 Å². The minimum atomic E-state index is -0.959. The van der Waals surface area contributed by atoms with Gasteiger partial charge in [-0.1, -0.05) is 55.5 Å². The van der Waals surface area contributed by atoms with E-state index >= 15 is 0 Å². The molecule has 2 aliphatic heterocycles. The quantitative estimate of drug-likeness (QED) is 0.113. The van der Waals surface area contributed by atoms with Gasteiger partial charge in [-0.15, -0.1) is 11.8 Å². The Morgan fingerprint density at radius 2 is 1.82 bits per heavy atom. The third-order valence-corrected chi connectivity index (χ3v) is 10.2. The Balaban J connectivity index is 1.58. The van der Waals surface area contributed by atoms with Crippen LogP contribution in [0.1, 0.15) is 71.3 Å². The van der Waals surface area contributed by atoms with Crippen molar-refractivity contribution in [1.82, 2.24) is 5.32 Å². The van der Waals surface area contributed by atoms with Crippen molar-refractivity contribution in [2.45, 2.75) is 101 Å². The number of aliphatic hydroxyl groups excluding tert-OH is 1. The zero-order valence-corrected chi connectivity index (χ0v) is 30.0. The first-order chi connectivity index (χ1) is 24.0. The van der Waals surface area contributed by atoms with Gasteiger partial charge in [0, 0.05) is 25.0 Å². The molecular weight excluding hydrogens is 658 g/mol. The number of carbonyl (C=O) groups is 4. The number of phenolic OH excluding ortho intramolecular Hbond substituents is 1. The summed E-state index contributed by atoms with van der Waals surface area (Å²) < 4.78 is 11.4. The number of ether oxygens (including phenoxy) is 2. The van der Waals surface area contributed by atoms with Gasteiger partial charge in [-0.3, -0.25) is 14.4 Å². The first kappa shape index (κ1) is 38.7. The van der Waals surface area contributed by atoms with Crippen LogP contribution in [0, 0.1) is 5.92 Å². The second-order valence-corrected chi connectivity index (χ2v) is 13.9. The number of hydrogen-bond donors (Lipinski definition) is 5. The number of thioether (sulfide) groups is 1. The van der Waals surface area contributed by atoms with Crippen LogP contribution in [0.2, 0.25) is 0 Å². The van der Waals surface area contributed by atoms with E-state index < -0.39 is 36.2 Å². The molecule has 12 heteroatoms. The van der Waals surface area contributed by atoms with Crippen molar-refractivity contribution in [3.05, 3.63) is 71.4 Å². The molecule has 0 saturated carbocycles. The van der Waals surface area contributed by atoms with Crippen LogP contribution in [0.5, 0.6) is 5.75 Å². The molecule has 0 saturated heterocycles. The second kappa shape index (κ2) is 18.7. The number of anilines is 2. The van der Waals surface area contributed by atoms with Gasteiger partial charge in [-0.05, 0) is 69.6 Å². The molecule has 5 N–H and O–H groups in total. The van der Waals surface area contributed by atoms with Crippen LogP contribution in [0.25, 0.3) is 0 Å². The van der Waals surface area contributed by atoms with Crippen LogP contribution < -0.4 is 16.0 Å². The summed E-state index contributed by atoms with van der Waals surface area (Å²) in [6, 6.07) is 0.833. The van der Waals surface area contributed by atoms with Crippen LogP contribution in [-0.2, 0) is 35.1 Å². The Kier molecular flexibility index (Phi) is 14.5. The van der Waals surface area contributed by atoms with Gasteiger partial charge in [-0.25, -0.2) is 4.79 Å². The van der Waals surface area contributed by atoms with Crippen molar-refractivity contribution in [3.8, 4) is 5.75 Å². The van der Waals surface area contributed by atoms with Crippen molar-refractivity contribution in [2.24, 2.45) is 5.92 Å². The zero-order valence-electron chi connectivity index (χ0n) is 29.2. The fourth-order valence-electron chi connectivity index (χ4n) is 6.00. The van der Waals surface area contributed by atoms with Gasteiger partial charge in [0.2, 0.25) is 17.7 Å². The lowest BCUT2D eigenvalue weighted by atomic mass is 9.90. The predicted molar refractivity (Wildman–Crippen MR) is 195 cm³/mol. The van der Waals surface area contributed by atoms with E-state index in [-0.39, 0.29) is 41.3 Å². The molecule has 1 aromatic rings. The van der Waals surface area contributed by atoms with Crippen LogP contribution >= 0.6 is 11.8 Å². The Labute approximate surface area is 298 Å². The second-order valence-electron chi connectivity index (χ2n) is 12.9. The zero-order chi connectivity index (χ0) is 36.2. The van der Waals surface area contributed by atoms with Crippen molar-refractivity contribution in [2.75, 3.05) is 23.5 Å². The van der Waals surface area contributed by atoms with E-state index in [1.54, 1.807) is 50.3 Å². The minimum absolute atomic E-state index is 0.00657. The summed E-state index contributed by atoms with van der Waals surface area (Å²) in [6.45, 7) is 5.20. The standard InChI is InChI=1S/C38H49N3O8S/c1-23-14-13-17-27-20-29-36(50-22-32(43)40-29)33(35(27)45)41-31(42)21-28(48-4)18-11-6-5-7-12-19-30(24(2)34(23)44)49-38(47)25(3)39-37(46)26-15-9-8-10-16-26/h5-7,11-12,14-15,18,20,24-25,28,30,34,44-45H,8-10,13,16-17,19,21-22H2,1-4H3,(H,39,46)(H,40,43)(H,41,42)/b6-5+,12-7+,18-11?,23-14-. The summed E-state index contributed by atoms with van der Waals surface area (Å²) in [4.78, 5) is 51.8. The van der Waals surface area contributed by atoms with Crippen LogP contribution in [0.15, 0.2) is 70.7 Å². The minimum Gasteiger partial charge on any atom is -0.505 e. The molecule has 3 aliphatic rings. The maximum absolute atomic E-state index is 13.2. The number of allylic oxidation sites excluding steroid dienone is 6. The normalized spacial score (nSPS) is 26.7. The van der Waals surface area contributed by atoms with Gasteiger partial charge in [0.25, 0.3) is 0 Å². The highest BCUT2D eigenvalue weighted by Gasteiger charge is 2.31. The summed E-state index contributed by atoms with van der Waals surface area (Å²) in [6.07, 6.45) is 16.9. The van der Waals surface area contributed by atoms with Gasteiger partial charge in [0.1, 0.15) is 17.9 Å². The molecule has 270 valence electrons. The van der Waals surface area contributed by atoms with Crippen molar-refractivity contribution in [3.63, 3.8) is 0 Å². The summed E-state index contributed by atoms with van der Waals surface area (Å²) in [5.41, 5.74) is 2.61. The Morgan fingerprint density at radius 3 is 2.56 bits per heavy atom. The highest BCUT2D eigenvalue weighted by Crippen LogP contribution is 2.45. The molecule has 1 aromatic carbocycles. The lowest BCUT2D eigenvalue weighted by Crippen LogP contribution is -2.43. The van der Waals surface area contributed by atoms with Gasteiger partial charge in [0.15, 0.2) is 0 Å². The fraction of sp³-hybridized carbons (Fsp3) is 0.474. The highest BCUT2D eigenvalue weighted by molar-refractivity contribution is 8.00. The number of amides is 3. The highest BCUT2D eigenvalue weighted by atomic mass is 32.2. The molecule has 2 heterocycles. The summed E-state index contributed by atoms with van der Waals surface area (Å²) in [7, 11) is 1.50. The number of rotatable bonds is 5. The van der Waals surface area contributed by atoms with E-state index in [9.17, 15) is 29.4 Å². The largest absolute Gasteiger partial charge is 0.505 e.